The molecule has 0 amide bonds. The van der Waals surface area contributed by atoms with E-state index in [4.69, 9.17) is 4.74 Å². The van der Waals surface area contributed by atoms with Crippen LogP contribution < -0.4 is 4.74 Å². The summed E-state index contributed by atoms with van der Waals surface area (Å²) >= 11 is 0. The molecule has 116 valence electrons. The molecule has 1 heterocycles. The Hall–Kier alpha value is -2.76. The summed E-state index contributed by atoms with van der Waals surface area (Å²) in [5, 5.41) is 48.3. The molecule has 2 aromatic rings. The molecule has 1 aliphatic heterocycles. The van der Waals surface area contributed by atoms with Crippen molar-refractivity contribution in [1.82, 2.24) is 0 Å². The first kappa shape index (κ1) is 14.2. The second kappa shape index (κ2) is 4.91. The maximum atomic E-state index is 9.89. The SMILES string of the molecule is Cc1c(O)cc(O)c2c1OC(c1cc(O)c(O)c(O)c1)CC2. The summed E-state index contributed by atoms with van der Waals surface area (Å²) in [5.74, 6) is -1.12. The molecule has 0 bridgehead atoms. The Morgan fingerprint density at radius 1 is 0.909 bits per heavy atom. The molecule has 0 saturated carbocycles. The van der Waals surface area contributed by atoms with Gasteiger partial charge in [0.2, 0.25) is 0 Å². The Morgan fingerprint density at radius 2 is 1.55 bits per heavy atom. The van der Waals surface area contributed by atoms with Crippen LogP contribution in [-0.2, 0) is 6.42 Å². The molecule has 5 N–H and O–H groups in total. The zero-order valence-electron chi connectivity index (χ0n) is 11.9. The van der Waals surface area contributed by atoms with E-state index in [1.807, 2.05) is 0 Å². The van der Waals surface area contributed by atoms with Gasteiger partial charge in [-0.3, -0.25) is 0 Å². The fraction of sp³-hybridized carbons (Fsp3) is 0.250. The van der Waals surface area contributed by atoms with Gasteiger partial charge in [-0.2, -0.15) is 0 Å². The van der Waals surface area contributed by atoms with Crippen molar-refractivity contribution in [1.29, 1.82) is 0 Å². The summed E-state index contributed by atoms with van der Waals surface area (Å²) in [6.07, 6.45) is 0.578. The van der Waals surface area contributed by atoms with Gasteiger partial charge in [0.25, 0.3) is 0 Å². The summed E-state index contributed by atoms with van der Waals surface area (Å²) in [7, 11) is 0. The van der Waals surface area contributed by atoms with Crippen LogP contribution in [0.25, 0.3) is 0 Å². The lowest BCUT2D eigenvalue weighted by molar-refractivity contribution is 0.171. The molecule has 22 heavy (non-hydrogen) atoms. The molecule has 6 nitrogen and oxygen atoms in total. The molecule has 0 spiro atoms. The predicted octanol–water partition coefficient (Wildman–Crippen LogP) is 2.59. The third kappa shape index (κ3) is 2.13. The Labute approximate surface area is 126 Å². The summed E-state index contributed by atoms with van der Waals surface area (Å²) < 4.78 is 5.84. The van der Waals surface area contributed by atoms with Crippen LogP contribution in [0.1, 0.15) is 29.2 Å². The van der Waals surface area contributed by atoms with Crippen molar-refractivity contribution < 1.29 is 30.3 Å². The van der Waals surface area contributed by atoms with Crippen molar-refractivity contribution in [2.24, 2.45) is 0 Å². The van der Waals surface area contributed by atoms with E-state index < -0.39 is 23.4 Å². The Morgan fingerprint density at radius 3 is 2.18 bits per heavy atom. The quantitative estimate of drug-likeness (QED) is 0.518. The van der Waals surface area contributed by atoms with Gasteiger partial charge in [-0.05, 0) is 37.5 Å². The summed E-state index contributed by atoms with van der Waals surface area (Å²) in [6, 6.07) is 3.93. The van der Waals surface area contributed by atoms with Gasteiger partial charge in [0.15, 0.2) is 17.2 Å². The molecule has 3 rings (SSSR count). The number of rotatable bonds is 1. The lowest BCUT2D eigenvalue weighted by Gasteiger charge is -2.28. The number of fused-ring (bicyclic) bond motifs is 1. The number of hydrogen-bond donors (Lipinski definition) is 5. The van der Waals surface area contributed by atoms with E-state index in [9.17, 15) is 25.5 Å². The number of aromatic hydroxyl groups is 5. The average molecular weight is 304 g/mol. The topological polar surface area (TPSA) is 110 Å². The van der Waals surface area contributed by atoms with Crippen LogP contribution in [0.3, 0.4) is 0 Å². The second-order valence-corrected chi connectivity index (χ2v) is 5.40. The maximum Gasteiger partial charge on any atom is 0.200 e. The molecule has 1 atom stereocenters. The lowest BCUT2D eigenvalue weighted by Crippen LogP contribution is -2.16. The molecular weight excluding hydrogens is 288 g/mol. The summed E-state index contributed by atoms with van der Waals surface area (Å²) in [6.45, 7) is 1.68. The smallest absolute Gasteiger partial charge is 0.200 e. The molecule has 0 aromatic heterocycles. The van der Waals surface area contributed by atoms with Crippen LogP contribution >= 0.6 is 0 Å². The molecule has 1 aliphatic rings. The van der Waals surface area contributed by atoms with Crippen LogP contribution in [0.5, 0.6) is 34.5 Å². The van der Waals surface area contributed by atoms with Crippen molar-refractivity contribution in [3.63, 3.8) is 0 Å². The van der Waals surface area contributed by atoms with Crippen LogP contribution in [0.2, 0.25) is 0 Å². The van der Waals surface area contributed by atoms with Gasteiger partial charge in [-0.1, -0.05) is 0 Å². The Bertz CT molecular complexity index is 730. The monoisotopic (exact) mass is 304 g/mol. The highest BCUT2D eigenvalue weighted by molar-refractivity contribution is 5.57. The maximum absolute atomic E-state index is 9.89. The number of phenolic OH excluding ortho intramolecular Hbond substituents is 5. The fourth-order valence-corrected chi connectivity index (χ4v) is 2.71. The number of ether oxygens (including phenoxy) is 1. The van der Waals surface area contributed by atoms with Gasteiger partial charge in [0.05, 0.1) is 0 Å². The van der Waals surface area contributed by atoms with Gasteiger partial charge < -0.3 is 30.3 Å². The third-order valence-corrected chi connectivity index (χ3v) is 3.96. The third-order valence-electron chi connectivity index (χ3n) is 3.96. The van der Waals surface area contributed by atoms with Gasteiger partial charge in [-0.25, -0.2) is 0 Å². The molecule has 2 aromatic carbocycles. The Balaban J connectivity index is 2.01. The van der Waals surface area contributed by atoms with E-state index in [1.165, 1.54) is 18.2 Å². The van der Waals surface area contributed by atoms with Crippen LogP contribution in [0, 0.1) is 6.92 Å². The van der Waals surface area contributed by atoms with E-state index in [2.05, 4.69) is 0 Å². The summed E-state index contributed by atoms with van der Waals surface area (Å²) in [4.78, 5) is 0. The molecule has 0 radical (unpaired) electrons. The predicted molar refractivity (Wildman–Crippen MR) is 77.6 cm³/mol. The van der Waals surface area contributed by atoms with Gasteiger partial charge in [-0.15, -0.1) is 0 Å². The second-order valence-electron chi connectivity index (χ2n) is 5.40. The molecule has 1 unspecified atom stereocenters. The van der Waals surface area contributed by atoms with Crippen LogP contribution in [0.4, 0.5) is 0 Å². The zero-order valence-corrected chi connectivity index (χ0v) is 11.9. The van der Waals surface area contributed by atoms with E-state index in [-0.39, 0.29) is 11.5 Å². The van der Waals surface area contributed by atoms with Crippen molar-refractivity contribution >= 4 is 0 Å². The highest BCUT2D eigenvalue weighted by Gasteiger charge is 2.27. The standard InChI is InChI=1S/C16H16O6/c1-7-10(17)6-11(18)9-2-3-14(22-16(7)9)8-4-12(19)15(21)13(20)5-8/h4-6,14,17-21H,2-3H2,1H3. The highest BCUT2D eigenvalue weighted by Crippen LogP contribution is 2.46. The highest BCUT2D eigenvalue weighted by atomic mass is 16.5. The minimum atomic E-state index is -0.577. The summed E-state index contributed by atoms with van der Waals surface area (Å²) in [5.41, 5.74) is 1.64. The molecule has 0 saturated heterocycles. The lowest BCUT2D eigenvalue weighted by atomic mass is 9.94. The first-order valence-corrected chi connectivity index (χ1v) is 6.84. The number of phenols is 5. The van der Waals surface area contributed by atoms with E-state index >= 15 is 0 Å². The van der Waals surface area contributed by atoms with Crippen molar-refractivity contribution in [3.05, 3.63) is 34.9 Å². The zero-order chi connectivity index (χ0) is 16.0. The van der Waals surface area contributed by atoms with Crippen LogP contribution in [-0.4, -0.2) is 25.5 Å². The first-order valence-electron chi connectivity index (χ1n) is 6.84. The normalized spacial score (nSPS) is 16.9. The number of benzene rings is 2. The van der Waals surface area contributed by atoms with Gasteiger partial charge in [0, 0.05) is 17.2 Å². The van der Waals surface area contributed by atoms with Gasteiger partial charge >= 0.3 is 0 Å². The minimum Gasteiger partial charge on any atom is -0.507 e. The van der Waals surface area contributed by atoms with Gasteiger partial charge in [0.1, 0.15) is 23.4 Å². The molecule has 0 aliphatic carbocycles. The average Bonchev–Trinajstić information content (AvgIpc) is 2.49. The van der Waals surface area contributed by atoms with Crippen molar-refractivity contribution in [2.75, 3.05) is 0 Å². The van der Waals surface area contributed by atoms with Crippen molar-refractivity contribution in [3.8, 4) is 34.5 Å². The van der Waals surface area contributed by atoms with E-state index in [0.717, 1.165) is 0 Å². The Kier molecular flexibility index (Phi) is 3.16. The minimum absolute atomic E-state index is 0.0204. The molecule has 6 heteroatoms. The molecule has 0 fully saturated rings. The van der Waals surface area contributed by atoms with E-state index in [0.29, 0.717) is 35.3 Å². The first-order chi connectivity index (χ1) is 10.4. The fourth-order valence-electron chi connectivity index (χ4n) is 2.71. The van der Waals surface area contributed by atoms with Crippen molar-refractivity contribution in [2.45, 2.75) is 25.9 Å². The molecular formula is C16H16O6. The largest absolute Gasteiger partial charge is 0.507 e. The number of hydrogen-bond acceptors (Lipinski definition) is 6. The van der Waals surface area contributed by atoms with Crippen LogP contribution in [0.15, 0.2) is 18.2 Å². The van der Waals surface area contributed by atoms with E-state index in [1.54, 1.807) is 6.92 Å².